The molecule has 1 saturated heterocycles. The number of thioether (sulfide) groups is 1. The summed E-state index contributed by atoms with van der Waals surface area (Å²) in [5.74, 6) is -1.07. The lowest BCUT2D eigenvalue weighted by atomic mass is 10.1. The summed E-state index contributed by atoms with van der Waals surface area (Å²) in [4.78, 5) is 48.0. The van der Waals surface area contributed by atoms with E-state index in [1.165, 1.54) is 80.8 Å². The third kappa shape index (κ3) is 6.30. The average Bonchev–Trinajstić information content (AvgIpc) is 3.17. The van der Waals surface area contributed by atoms with Crippen molar-refractivity contribution in [3.63, 3.8) is 0 Å². The second-order valence-electron chi connectivity index (χ2n) is 8.31. The third-order valence-electron chi connectivity index (χ3n) is 5.53. The zero-order chi connectivity index (χ0) is 29.0. The molecule has 0 saturated carbocycles. The maximum atomic E-state index is 13.1. The van der Waals surface area contributed by atoms with E-state index in [0.29, 0.717) is 23.0 Å². The number of methoxy groups -OCH3 is 1. The molecule has 0 aromatic heterocycles. The van der Waals surface area contributed by atoms with Gasteiger partial charge in [0, 0.05) is 30.3 Å². The molecule has 3 amide bonds. The van der Waals surface area contributed by atoms with Gasteiger partial charge in [0.05, 0.1) is 23.5 Å². The molecule has 0 spiro atoms. The number of carbonyl (C=O) groups is 3. The number of non-ortho nitro benzene ring substituents is 1. The summed E-state index contributed by atoms with van der Waals surface area (Å²) >= 11 is 0.657. The van der Waals surface area contributed by atoms with E-state index in [1.807, 2.05) is 0 Å². The maximum Gasteiger partial charge on any atom is 0.339 e. The molecule has 0 unspecified atom stereocenters. The fourth-order valence-electron chi connectivity index (χ4n) is 3.65. The SMILES string of the molecule is COc1cccc(/C=C2\SC(=O)N(Cc3ccc([N+](=O)[O-])cc3)C2=O)c1OS(=O)(=O)c1ccc(NC(C)=O)cc1. The van der Waals surface area contributed by atoms with Crippen LogP contribution in [-0.2, 0) is 26.3 Å². The van der Waals surface area contributed by atoms with Crippen LogP contribution in [0.25, 0.3) is 6.08 Å². The van der Waals surface area contributed by atoms with Crippen molar-refractivity contribution in [2.24, 2.45) is 0 Å². The molecule has 1 fully saturated rings. The second-order valence-corrected chi connectivity index (χ2v) is 10.9. The van der Waals surface area contributed by atoms with Crippen molar-refractivity contribution < 1.29 is 36.6 Å². The Labute approximate surface area is 232 Å². The van der Waals surface area contributed by atoms with Crippen LogP contribution in [0.5, 0.6) is 11.5 Å². The van der Waals surface area contributed by atoms with Crippen molar-refractivity contribution in [2.75, 3.05) is 12.4 Å². The lowest BCUT2D eigenvalue weighted by Gasteiger charge is -2.14. The van der Waals surface area contributed by atoms with Gasteiger partial charge in [0.15, 0.2) is 11.5 Å². The molecule has 0 aliphatic carbocycles. The predicted octanol–water partition coefficient (Wildman–Crippen LogP) is 4.57. The van der Waals surface area contributed by atoms with Gasteiger partial charge in [-0.25, -0.2) is 0 Å². The fourth-order valence-corrected chi connectivity index (χ4v) is 5.44. The third-order valence-corrected chi connectivity index (χ3v) is 7.68. The normalized spacial score (nSPS) is 14.3. The van der Waals surface area contributed by atoms with Crippen LogP contribution >= 0.6 is 11.8 Å². The van der Waals surface area contributed by atoms with Gasteiger partial charge in [0.25, 0.3) is 16.8 Å². The summed E-state index contributed by atoms with van der Waals surface area (Å²) in [7, 11) is -3.05. The van der Waals surface area contributed by atoms with Crippen molar-refractivity contribution in [3.8, 4) is 11.5 Å². The highest BCUT2D eigenvalue weighted by Gasteiger charge is 2.35. The molecular formula is C26H21N3O9S2. The van der Waals surface area contributed by atoms with Crippen LogP contribution in [0.15, 0.2) is 76.5 Å². The summed E-state index contributed by atoms with van der Waals surface area (Å²) in [6, 6.07) is 15.3. The number of nitrogens with one attached hydrogen (secondary N) is 1. The first-order valence-corrected chi connectivity index (χ1v) is 13.7. The topological polar surface area (TPSA) is 162 Å². The molecule has 4 rings (SSSR count). The number of nitrogens with zero attached hydrogens (tertiary/aromatic N) is 2. The predicted molar refractivity (Wildman–Crippen MR) is 146 cm³/mol. The number of benzene rings is 3. The highest BCUT2D eigenvalue weighted by atomic mass is 32.2. The lowest BCUT2D eigenvalue weighted by molar-refractivity contribution is -0.384. The standard InChI is InChI=1S/C26H21N3O9S2/c1-16(30)27-19-8-12-21(13-9-19)40(35,36)38-24-18(4-3-5-22(24)37-2)14-23-25(31)28(26(32)39-23)15-17-6-10-20(11-7-17)29(33)34/h3-14H,15H2,1-2H3,(H,27,30)/b23-14-. The Hall–Kier alpha value is -4.69. The van der Waals surface area contributed by atoms with Crippen molar-refractivity contribution in [2.45, 2.75) is 18.4 Å². The fraction of sp³-hybridized carbons (Fsp3) is 0.115. The number of para-hydroxylation sites is 1. The van der Waals surface area contributed by atoms with E-state index in [-0.39, 0.29) is 45.0 Å². The van der Waals surface area contributed by atoms with Crippen LogP contribution in [0, 0.1) is 10.1 Å². The van der Waals surface area contributed by atoms with E-state index >= 15 is 0 Å². The summed E-state index contributed by atoms with van der Waals surface area (Å²) in [5, 5.41) is 12.8. The Bertz CT molecular complexity index is 1630. The zero-order valence-corrected chi connectivity index (χ0v) is 22.7. The number of imide groups is 1. The summed E-state index contributed by atoms with van der Waals surface area (Å²) in [6.45, 7) is 1.21. The van der Waals surface area contributed by atoms with Crippen LogP contribution in [-0.4, -0.2) is 42.4 Å². The zero-order valence-electron chi connectivity index (χ0n) is 21.0. The van der Waals surface area contributed by atoms with E-state index in [9.17, 15) is 32.9 Å². The smallest absolute Gasteiger partial charge is 0.339 e. The molecule has 3 aromatic rings. The molecule has 0 atom stereocenters. The Morgan fingerprint density at radius 2 is 1.75 bits per heavy atom. The highest BCUT2D eigenvalue weighted by Crippen LogP contribution is 2.39. The Kier molecular flexibility index (Phi) is 8.21. The molecule has 0 radical (unpaired) electrons. The van der Waals surface area contributed by atoms with Crippen LogP contribution < -0.4 is 14.2 Å². The van der Waals surface area contributed by atoms with Crippen molar-refractivity contribution in [3.05, 3.63) is 92.9 Å². The van der Waals surface area contributed by atoms with Gasteiger partial charge in [-0.05, 0) is 53.7 Å². The van der Waals surface area contributed by atoms with Gasteiger partial charge in [-0.1, -0.05) is 24.3 Å². The Morgan fingerprint density at radius 1 is 1.07 bits per heavy atom. The quantitative estimate of drug-likeness (QED) is 0.163. The minimum Gasteiger partial charge on any atom is -0.493 e. The van der Waals surface area contributed by atoms with Crippen LogP contribution in [0.4, 0.5) is 16.2 Å². The minimum atomic E-state index is -4.37. The van der Waals surface area contributed by atoms with E-state index in [1.54, 1.807) is 6.07 Å². The van der Waals surface area contributed by atoms with Crippen molar-refractivity contribution in [1.29, 1.82) is 0 Å². The summed E-state index contributed by atoms with van der Waals surface area (Å²) in [5.41, 5.74) is 0.949. The molecule has 12 nitrogen and oxygen atoms in total. The van der Waals surface area contributed by atoms with Crippen molar-refractivity contribution in [1.82, 2.24) is 4.90 Å². The number of hydrogen-bond acceptors (Lipinski definition) is 10. The number of nitro benzene ring substituents is 1. The van der Waals surface area contributed by atoms with Crippen LogP contribution in [0.3, 0.4) is 0 Å². The van der Waals surface area contributed by atoms with Gasteiger partial charge in [-0.15, -0.1) is 0 Å². The largest absolute Gasteiger partial charge is 0.493 e. The van der Waals surface area contributed by atoms with Crippen LogP contribution in [0.1, 0.15) is 18.1 Å². The van der Waals surface area contributed by atoms with E-state index in [0.717, 1.165) is 4.90 Å². The number of hydrogen-bond donors (Lipinski definition) is 1. The first kappa shape index (κ1) is 28.3. The molecule has 1 N–H and O–H groups in total. The van der Waals surface area contributed by atoms with Crippen molar-refractivity contribution >= 4 is 56.4 Å². The molecule has 206 valence electrons. The Balaban J connectivity index is 1.61. The van der Waals surface area contributed by atoms with E-state index in [4.69, 9.17) is 8.92 Å². The molecule has 40 heavy (non-hydrogen) atoms. The van der Waals surface area contributed by atoms with Gasteiger partial charge in [0.2, 0.25) is 5.91 Å². The highest BCUT2D eigenvalue weighted by molar-refractivity contribution is 8.18. The van der Waals surface area contributed by atoms with E-state index < -0.39 is 26.2 Å². The minimum absolute atomic E-state index is 0.0158. The number of rotatable bonds is 9. The number of ether oxygens (including phenoxy) is 1. The first-order valence-electron chi connectivity index (χ1n) is 11.5. The number of amides is 3. The lowest BCUT2D eigenvalue weighted by Crippen LogP contribution is -2.27. The molecule has 1 aliphatic rings. The summed E-state index contributed by atoms with van der Waals surface area (Å²) < 4.78 is 36.9. The molecule has 0 bridgehead atoms. The Morgan fingerprint density at radius 3 is 2.35 bits per heavy atom. The van der Waals surface area contributed by atoms with E-state index in [2.05, 4.69) is 5.32 Å². The van der Waals surface area contributed by atoms with Crippen LogP contribution in [0.2, 0.25) is 0 Å². The number of nitro groups is 1. The number of carbonyl (C=O) groups excluding carboxylic acids is 3. The van der Waals surface area contributed by atoms with Gasteiger partial charge < -0.3 is 14.2 Å². The molecule has 1 heterocycles. The average molecular weight is 584 g/mol. The van der Waals surface area contributed by atoms with Gasteiger partial charge >= 0.3 is 10.1 Å². The van der Waals surface area contributed by atoms with Gasteiger partial charge in [0.1, 0.15) is 4.90 Å². The molecule has 1 aliphatic heterocycles. The monoisotopic (exact) mass is 583 g/mol. The summed E-state index contributed by atoms with van der Waals surface area (Å²) in [6.07, 6.45) is 1.33. The molecule has 3 aromatic carbocycles. The second kappa shape index (κ2) is 11.6. The maximum absolute atomic E-state index is 13.1. The molecule has 14 heteroatoms. The molecular weight excluding hydrogens is 562 g/mol. The van der Waals surface area contributed by atoms with Gasteiger partial charge in [-0.3, -0.25) is 29.4 Å². The first-order chi connectivity index (χ1) is 19.0. The van der Waals surface area contributed by atoms with Gasteiger partial charge in [-0.2, -0.15) is 8.42 Å². The number of anilines is 1.